The van der Waals surface area contributed by atoms with Crippen molar-refractivity contribution in [3.63, 3.8) is 0 Å². The van der Waals surface area contributed by atoms with E-state index in [0.29, 0.717) is 4.83 Å². The van der Waals surface area contributed by atoms with Gasteiger partial charge in [-0.15, -0.1) is 0 Å². The van der Waals surface area contributed by atoms with E-state index in [4.69, 9.17) is 4.74 Å². The highest BCUT2D eigenvalue weighted by atomic mass is 79.9. The van der Waals surface area contributed by atoms with Crippen molar-refractivity contribution < 1.29 is 4.74 Å². The van der Waals surface area contributed by atoms with E-state index in [1.54, 1.807) is 7.11 Å². The number of rotatable bonds is 5. The molecule has 3 heteroatoms. The van der Waals surface area contributed by atoms with Crippen molar-refractivity contribution in [1.82, 2.24) is 4.90 Å². The number of hydrogen-bond donors (Lipinski definition) is 0. The summed E-state index contributed by atoms with van der Waals surface area (Å²) in [5, 5.41) is 0. The van der Waals surface area contributed by atoms with Gasteiger partial charge in [-0.3, -0.25) is 0 Å². The zero-order valence-electron chi connectivity index (χ0n) is 9.34. The maximum absolute atomic E-state index is 5.06. The number of hydrogen-bond acceptors (Lipinski definition) is 2. The molecule has 1 heterocycles. The third-order valence-corrected chi connectivity index (χ3v) is 3.85. The average molecular weight is 264 g/mol. The molecule has 1 fully saturated rings. The minimum absolute atomic E-state index is 0.684. The number of halogens is 1. The highest BCUT2D eigenvalue weighted by Crippen LogP contribution is 2.24. The zero-order valence-corrected chi connectivity index (χ0v) is 10.9. The van der Waals surface area contributed by atoms with Crippen LogP contribution in [-0.4, -0.2) is 43.1 Å². The number of methoxy groups -OCH3 is 1. The van der Waals surface area contributed by atoms with E-state index >= 15 is 0 Å². The van der Waals surface area contributed by atoms with Gasteiger partial charge in [0.1, 0.15) is 0 Å². The van der Waals surface area contributed by atoms with E-state index in [1.807, 2.05) is 0 Å². The second-order valence-electron chi connectivity index (χ2n) is 4.20. The first kappa shape index (κ1) is 12.5. The lowest BCUT2D eigenvalue weighted by molar-refractivity contribution is 0.147. The molecular formula is C11H22BrNO. The van der Waals surface area contributed by atoms with E-state index in [1.165, 1.54) is 38.9 Å². The average Bonchev–Trinajstić information content (AvgIpc) is 2.19. The van der Waals surface area contributed by atoms with Crippen molar-refractivity contribution >= 4 is 15.9 Å². The number of nitrogens with zero attached hydrogens (tertiary/aromatic N) is 1. The molecule has 2 nitrogen and oxygen atoms in total. The first-order chi connectivity index (χ1) is 6.74. The van der Waals surface area contributed by atoms with Crippen LogP contribution < -0.4 is 0 Å². The molecule has 0 amide bonds. The van der Waals surface area contributed by atoms with Gasteiger partial charge in [0.2, 0.25) is 0 Å². The second-order valence-corrected chi connectivity index (χ2v) is 5.65. The van der Waals surface area contributed by atoms with Crippen LogP contribution in [0.3, 0.4) is 0 Å². The zero-order chi connectivity index (χ0) is 10.4. The van der Waals surface area contributed by atoms with Gasteiger partial charge >= 0.3 is 0 Å². The van der Waals surface area contributed by atoms with Crippen molar-refractivity contribution in [2.24, 2.45) is 5.92 Å². The summed E-state index contributed by atoms with van der Waals surface area (Å²) in [7, 11) is 1.78. The summed E-state index contributed by atoms with van der Waals surface area (Å²) in [6, 6.07) is 0. The maximum Gasteiger partial charge on any atom is 0.0474 e. The van der Waals surface area contributed by atoms with Crippen molar-refractivity contribution in [2.75, 3.05) is 33.4 Å². The number of ether oxygens (including phenoxy) is 1. The van der Waals surface area contributed by atoms with Gasteiger partial charge in [-0.25, -0.2) is 0 Å². The first-order valence-corrected chi connectivity index (χ1v) is 6.51. The van der Waals surface area contributed by atoms with Gasteiger partial charge in [0.05, 0.1) is 0 Å². The third kappa shape index (κ3) is 4.28. The Labute approximate surface area is 96.1 Å². The molecule has 1 saturated heterocycles. The molecule has 0 N–H and O–H groups in total. The summed E-state index contributed by atoms with van der Waals surface area (Å²) in [6.07, 6.45) is 3.86. The predicted octanol–water partition coefficient (Wildman–Crippen LogP) is 2.52. The normalized spacial score (nSPS) is 22.5. The lowest BCUT2D eigenvalue weighted by Gasteiger charge is -2.33. The molecule has 0 radical (unpaired) electrons. The van der Waals surface area contributed by atoms with Gasteiger partial charge in [-0.05, 0) is 38.3 Å². The molecule has 0 aromatic heterocycles. The van der Waals surface area contributed by atoms with Crippen molar-refractivity contribution in [3.8, 4) is 0 Å². The number of alkyl halides is 1. The molecule has 0 aromatic rings. The van der Waals surface area contributed by atoms with Gasteiger partial charge in [0, 0.05) is 25.1 Å². The Bertz CT molecular complexity index is 144. The molecule has 1 aliphatic rings. The number of likely N-dealkylation sites (tertiary alicyclic amines) is 1. The van der Waals surface area contributed by atoms with Crippen LogP contribution in [0.5, 0.6) is 0 Å². The number of piperidine rings is 1. The summed E-state index contributed by atoms with van der Waals surface area (Å²) in [6.45, 7) is 6.91. The van der Waals surface area contributed by atoms with Crippen molar-refractivity contribution in [3.05, 3.63) is 0 Å². The van der Waals surface area contributed by atoms with Crippen LogP contribution in [0.1, 0.15) is 26.2 Å². The molecule has 0 saturated carbocycles. The summed E-state index contributed by atoms with van der Waals surface area (Å²) in [5.74, 6) is 0.883. The fourth-order valence-electron chi connectivity index (χ4n) is 2.07. The topological polar surface area (TPSA) is 12.5 Å². The second kappa shape index (κ2) is 6.81. The summed E-state index contributed by atoms with van der Waals surface area (Å²) >= 11 is 3.68. The van der Waals surface area contributed by atoms with E-state index in [-0.39, 0.29) is 0 Å². The lowest BCUT2D eigenvalue weighted by atomic mass is 9.94. The Kier molecular flexibility index (Phi) is 6.06. The van der Waals surface area contributed by atoms with Crippen LogP contribution in [0.15, 0.2) is 0 Å². The van der Waals surface area contributed by atoms with Gasteiger partial charge in [-0.1, -0.05) is 22.9 Å². The predicted molar refractivity (Wildman–Crippen MR) is 64.0 cm³/mol. The Morgan fingerprint density at radius 2 is 2.07 bits per heavy atom. The highest BCUT2D eigenvalue weighted by Gasteiger charge is 2.21. The molecule has 0 aliphatic carbocycles. The van der Waals surface area contributed by atoms with Gasteiger partial charge < -0.3 is 9.64 Å². The first-order valence-electron chi connectivity index (χ1n) is 5.59. The van der Waals surface area contributed by atoms with Crippen molar-refractivity contribution in [1.29, 1.82) is 0 Å². The fourth-order valence-corrected chi connectivity index (χ4v) is 2.60. The van der Waals surface area contributed by atoms with Gasteiger partial charge in [0.25, 0.3) is 0 Å². The summed E-state index contributed by atoms with van der Waals surface area (Å²) < 4.78 is 5.06. The largest absolute Gasteiger partial charge is 0.385 e. The van der Waals surface area contributed by atoms with E-state index in [2.05, 4.69) is 27.8 Å². The van der Waals surface area contributed by atoms with Gasteiger partial charge in [-0.2, -0.15) is 0 Å². The lowest BCUT2D eigenvalue weighted by Crippen LogP contribution is -2.36. The molecule has 1 aliphatic heterocycles. The molecule has 1 unspecified atom stereocenters. The SMILES string of the molecule is COCCCN1CCC(C(C)Br)CC1. The Balaban J connectivity index is 2.09. The van der Waals surface area contributed by atoms with Crippen molar-refractivity contribution in [2.45, 2.75) is 31.0 Å². The van der Waals surface area contributed by atoms with E-state index in [0.717, 1.165) is 12.5 Å². The Morgan fingerprint density at radius 1 is 1.43 bits per heavy atom. The minimum Gasteiger partial charge on any atom is -0.385 e. The molecule has 1 rings (SSSR count). The van der Waals surface area contributed by atoms with Crippen LogP contribution in [0.25, 0.3) is 0 Å². The van der Waals surface area contributed by atoms with Crippen LogP contribution in [0, 0.1) is 5.92 Å². The molecule has 0 aromatic carbocycles. The Hall–Kier alpha value is 0.400. The van der Waals surface area contributed by atoms with Crippen LogP contribution >= 0.6 is 15.9 Å². The molecule has 0 bridgehead atoms. The monoisotopic (exact) mass is 263 g/mol. The van der Waals surface area contributed by atoms with Crippen LogP contribution in [-0.2, 0) is 4.74 Å². The minimum atomic E-state index is 0.684. The Morgan fingerprint density at radius 3 is 2.57 bits per heavy atom. The molecule has 0 spiro atoms. The third-order valence-electron chi connectivity index (χ3n) is 3.10. The highest BCUT2D eigenvalue weighted by molar-refractivity contribution is 9.09. The molecule has 84 valence electrons. The standard InChI is InChI=1S/C11H22BrNO/c1-10(12)11-4-7-13(8-5-11)6-3-9-14-2/h10-11H,3-9H2,1-2H3. The van der Waals surface area contributed by atoms with E-state index in [9.17, 15) is 0 Å². The van der Waals surface area contributed by atoms with Crippen LogP contribution in [0.2, 0.25) is 0 Å². The quantitative estimate of drug-likeness (QED) is 0.559. The van der Waals surface area contributed by atoms with Crippen LogP contribution in [0.4, 0.5) is 0 Å². The molecular weight excluding hydrogens is 242 g/mol. The van der Waals surface area contributed by atoms with Gasteiger partial charge in [0.15, 0.2) is 0 Å². The maximum atomic E-state index is 5.06. The molecule has 1 atom stereocenters. The van der Waals surface area contributed by atoms with E-state index < -0.39 is 0 Å². The summed E-state index contributed by atoms with van der Waals surface area (Å²) in [5.41, 5.74) is 0. The summed E-state index contributed by atoms with van der Waals surface area (Å²) in [4.78, 5) is 3.24. The molecule has 14 heavy (non-hydrogen) atoms. The smallest absolute Gasteiger partial charge is 0.0474 e. The fraction of sp³-hybridized carbons (Fsp3) is 1.00.